The summed E-state index contributed by atoms with van der Waals surface area (Å²) in [4.78, 5) is 22.8. The van der Waals surface area contributed by atoms with Crippen LogP contribution in [0.5, 0.6) is 0 Å². The number of hydrogen-bond acceptors (Lipinski definition) is 4. The second-order valence-electron chi connectivity index (χ2n) is 5.22. The van der Waals surface area contributed by atoms with E-state index in [2.05, 4.69) is 5.32 Å². The van der Waals surface area contributed by atoms with E-state index in [4.69, 9.17) is 4.42 Å². The fourth-order valence-corrected chi connectivity index (χ4v) is 2.55. The van der Waals surface area contributed by atoms with Crippen LogP contribution < -0.4 is 5.32 Å². The number of hydrogen-bond donors (Lipinski definition) is 1. The normalized spacial score (nSPS) is 12.2. The van der Waals surface area contributed by atoms with Crippen LogP contribution in [0.2, 0.25) is 0 Å². The van der Waals surface area contributed by atoms with E-state index in [1.165, 1.54) is 6.07 Å². The number of nitrogens with one attached hydrogen (secondary N) is 1. The summed E-state index contributed by atoms with van der Waals surface area (Å²) in [5.41, 5.74) is 0.686. The molecular formula is C16H15N3O4. The van der Waals surface area contributed by atoms with Crippen molar-refractivity contribution in [3.8, 4) is 0 Å². The van der Waals surface area contributed by atoms with Gasteiger partial charge in [-0.3, -0.25) is 14.9 Å². The molecule has 2 heterocycles. The number of carbonyl (C=O) groups is 1. The molecule has 0 saturated heterocycles. The lowest BCUT2D eigenvalue weighted by Gasteiger charge is -2.12. The van der Waals surface area contributed by atoms with Gasteiger partial charge in [0.15, 0.2) is 0 Å². The molecule has 3 rings (SSSR count). The first-order valence-corrected chi connectivity index (χ1v) is 7.11. The van der Waals surface area contributed by atoms with Gasteiger partial charge in [-0.1, -0.05) is 6.07 Å². The van der Waals surface area contributed by atoms with E-state index in [1.54, 1.807) is 47.4 Å². The Morgan fingerprint density at radius 2 is 2.17 bits per heavy atom. The summed E-state index contributed by atoms with van der Waals surface area (Å²) >= 11 is 0. The molecule has 23 heavy (non-hydrogen) atoms. The Kier molecular flexibility index (Phi) is 3.84. The fraction of sp³-hybridized carbons (Fsp3) is 0.188. The monoisotopic (exact) mass is 313 g/mol. The van der Waals surface area contributed by atoms with E-state index in [1.807, 2.05) is 6.92 Å². The van der Waals surface area contributed by atoms with Crippen molar-refractivity contribution < 1.29 is 14.1 Å². The van der Waals surface area contributed by atoms with Gasteiger partial charge in [0.1, 0.15) is 12.3 Å². The van der Waals surface area contributed by atoms with Crippen molar-refractivity contribution in [2.24, 2.45) is 0 Å². The van der Waals surface area contributed by atoms with Crippen molar-refractivity contribution in [3.63, 3.8) is 0 Å². The number of benzene rings is 1. The molecule has 3 aromatic rings. The number of furan rings is 1. The predicted molar refractivity (Wildman–Crippen MR) is 83.9 cm³/mol. The number of nitro groups is 1. The van der Waals surface area contributed by atoms with Crippen molar-refractivity contribution in [2.45, 2.75) is 19.5 Å². The summed E-state index contributed by atoms with van der Waals surface area (Å²) in [7, 11) is 0. The summed E-state index contributed by atoms with van der Waals surface area (Å²) in [5, 5.41) is 14.4. The first-order chi connectivity index (χ1) is 11.1. The molecule has 0 bridgehead atoms. The van der Waals surface area contributed by atoms with Crippen LogP contribution in [0, 0.1) is 10.1 Å². The molecule has 0 aliphatic carbocycles. The maximum absolute atomic E-state index is 12.2. The second-order valence-corrected chi connectivity index (χ2v) is 5.22. The Bertz CT molecular complexity index is 851. The number of nitrogens with zero attached hydrogens (tertiary/aromatic N) is 2. The van der Waals surface area contributed by atoms with Gasteiger partial charge in [0.2, 0.25) is 5.91 Å². The van der Waals surface area contributed by atoms with Crippen LogP contribution in [-0.2, 0) is 11.3 Å². The largest absolute Gasteiger partial charge is 0.467 e. The van der Waals surface area contributed by atoms with Crippen LogP contribution in [0.1, 0.15) is 18.7 Å². The van der Waals surface area contributed by atoms with Crippen molar-refractivity contribution in [2.75, 3.05) is 0 Å². The smallest absolute Gasteiger partial charge is 0.278 e. The van der Waals surface area contributed by atoms with Crippen molar-refractivity contribution in [1.29, 1.82) is 0 Å². The Labute approximate surface area is 131 Å². The van der Waals surface area contributed by atoms with E-state index in [9.17, 15) is 14.9 Å². The predicted octanol–water partition coefficient (Wildman–Crippen LogP) is 3.02. The molecule has 118 valence electrons. The molecule has 7 heteroatoms. The third-order valence-electron chi connectivity index (χ3n) is 3.65. The SMILES string of the molecule is CC(NC(=O)Cn1ccc2c([N+](=O)[O-])cccc21)c1ccco1. The number of carbonyl (C=O) groups excluding carboxylic acids is 1. The summed E-state index contributed by atoms with van der Waals surface area (Å²) in [6, 6.07) is 9.78. The summed E-state index contributed by atoms with van der Waals surface area (Å²) in [6.07, 6.45) is 3.23. The van der Waals surface area contributed by atoms with E-state index in [-0.39, 0.29) is 24.2 Å². The van der Waals surface area contributed by atoms with Gasteiger partial charge in [-0.05, 0) is 31.2 Å². The average molecular weight is 313 g/mol. The summed E-state index contributed by atoms with van der Waals surface area (Å²) < 4.78 is 6.93. The summed E-state index contributed by atoms with van der Waals surface area (Å²) in [6.45, 7) is 1.91. The molecule has 0 saturated carbocycles. The lowest BCUT2D eigenvalue weighted by Crippen LogP contribution is -2.29. The molecule has 0 fully saturated rings. The quantitative estimate of drug-likeness (QED) is 0.579. The van der Waals surface area contributed by atoms with Crippen molar-refractivity contribution >= 4 is 22.5 Å². The molecule has 7 nitrogen and oxygen atoms in total. The molecular weight excluding hydrogens is 298 g/mol. The van der Waals surface area contributed by atoms with E-state index >= 15 is 0 Å². The first-order valence-electron chi connectivity index (χ1n) is 7.11. The molecule has 1 atom stereocenters. The van der Waals surface area contributed by atoms with Crippen molar-refractivity contribution in [3.05, 3.63) is 64.7 Å². The number of fused-ring (bicyclic) bond motifs is 1. The molecule has 0 aliphatic rings. The molecule has 0 radical (unpaired) electrons. The van der Waals surface area contributed by atoms with Crippen LogP contribution >= 0.6 is 0 Å². The Morgan fingerprint density at radius 1 is 1.35 bits per heavy atom. The molecule has 0 aliphatic heterocycles. The topological polar surface area (TPSA) is 90.3 Å². The zero-order chi connectivity index (χ0) is 16.4. The van der Waals surface area contributed by atoms with Crippen molar-refractivity contribution in [1.82, 2.24) is 9.88 Å². The van der Waals surface area contributed by atoms with Gasteiger partial charge in [-0.2, -0.15) is 0 Å². The third-order valence-corrected chi connectivity index (χ3v) is 3.65. The number of rotatable bonds is 5. The van der Waals surface area contributed by atoms with Gasteiger partial charge in [0, 0.05) is 12.3 Å². The van der Waals surface area contributed by atoms with Crippen LogP contribution in [0.3, 0.4) is 0 Å². The molecule has 1 N–H and O–H groups in total. The third kappa shape index (κ3) is 2.94. The molecule has 0 spiro atoms. The van der Waals surface area contributed by atoms with Gasteiger partial charge in [-0.15, -0.1) is 0 Å². The highest BCUT2D eigenvalue weighted by atomic mass is 16.6. The molecule has 1 aromatic carbocycles. The summed E-state index contributed by atoms with van der Waals surface area (Å²) in [5.74, 6) is 0.476. The standard InChI is InChI=1S/C16H15N3O4/c1-11(15-6-3-9-23-15)17-16(20)10-18-8-7-12-13(18)4-2-5-14(12)19(21)22/h2-9,11H,10H2,1H3,(H,17,20). The second kappa shape index (κ2) is 5.96. The van der Waals surface area contributed by atoms with Gasteiger partial charge in [-0.25, -0.2) is 0 Å². The lowest BCUT2D eigenvalue weighted by atomic mass is 10.2. The first kappa shape index (κ1) is 14.8. The fourth-order valence-electron chi connectivity index (χ4n) is 2.55. The molecule has 1 amide bonds. The van der Waals surface area contributed by atoms with Gasteiger partial charge in [0.25, 0.3) is 5.69 Å². The minimum Gasteiger partial charge on any atom is -0.467 e. The maximum Gasteiger partial charge on any atom is 0.278 e. The van der Waals surface area contributed by atoms with E-state index in [0.717, 1.165) is 0 Å². The lowest BCUT2D eigenvalue weighted by molar-refractivity contribution is -0.383. The number of nitro benzene ring substituents is 1. The van der Waals surface area contributed by atoms with Crippen LogP contribution in [0.15, 0.2) is 53.3 Å². The zero-order valence-corrected chi connectivity index (χ0v) is 12.4. The van der Waals surface area contributed by atoms with Crippen LogP contribution in [0.4, 0.5) is 5.69 Å². The number of amides is 1. The zero-order valence-electron chi connectivity index (χ0n) is 12.4. The minimum atomic E-state index is -0.425. The average Bonchev–Trinajstić information content (AvgIpc) is 3.16. The Hall–Kier alpha value is -3.09. The van der Waals surface area contributed by atoms with E-state index in [0.29, 0.717) is 16.7 Å². The number of aromatic nitrogens is 1. The maximum atomic E-state index is 12.2. The Balaban J connectivity index is 1.78. The Morgan fingerprint density at radius 3 is 2.87 bits per heavy atom. The minimum absolute atomic E-state index is 0.0330. The highest BCUT2D eigenvalue weighted by molar-refractivity contribution is 5.90. The molecule has 1 unspecified atom stereocenters. The van der Waals surface area contributed by atoms with Gasteiger partial charge in [0.05, 0.1) is 28.1 Å². The highest BCUT2D eigenvalue weighted by Crippen LogP contribution is 2.26. The number of non-ortho nitro benzene ring substituents is 1. The van der Waals surface area contributed by atoms with Crippen LogP contribution in [0.25, 0.3) is 10.9 Å². The highest BCUT2D eigenvalue weighted by Gasteiger charge is 2.16. The molecule has 2 aromatic heterocycles. The van der Waals surface area contributed by atoms with Crippen LogP contribution in [-0.4, -0.2) is 15.4 Å². The van der Waals surface area contributed by atoms with E-state index < -0.39 is 4.92 Å². The van der Waals surface area contributed by atoms with Gasteiger partial charge < -0.3 is 14.3 Å². The van der Waals surface area contributed by atoms with Gasteiger partial charge >= 0.3 is 0 Å².